The molecule has 5 heteroatoms. The van der Waals surface area contributed by atoms with Gasteiger partial charge in [0.2, 0.25) is 0 Å². The summed E-state index contributed by atoms with van der Waals surface area (Å²) in [4.78, 5) is 1.42. The molecular formula is C13H16N4S. The lowest BCUT2D eigenvalue weighted by atomic mass is 10.0. The zero-order valence-electron chi connectivity index (χ0n) is 10.1. The van der Waals surface area contributed by atoms with Gasteiger partial charge in [0, 0.05) is 23.7 Å². The van der Waals surface area contributed by atoms with Crippen LogP contribution in [0.5, 0.6) is 0 Å². The Balaban J connectivity index is 1.60. The molecule has 0 bridgehead atoms. The van der Waals surface area contributed by atoms with E-state index in [2.05, 4.69) is 39.9 Å². The predicted octanol–water partition coefficient (Wildman–Crippen LogP) is 2.10. The minimum Gasteiger partial charge on any atom is -0.308 e. The first kappa shape index (κ1) is 11.7. The lowest BCUT2D eigenvalue weighted by Crippen LogP contribution is -2.27. The first-order chi connectivity index (χ1) is 8.93. The third-order valence-corrected chi connectivity index (χ3v) is 4.28. The molecule has 0 saturated heterocycles. The Kier molecular flexibility index (Phi) is 3.61. The molecule has 0 fully saturated rings. The summed E-state index contributed by atoms with van der Waals surface area (Å²) < 4.78 is 1.86. The molecular weight excluding hydrogens is 244 g/mol. The van der Waals surface area contributed by atoms with Crippen molar-refractivity contribution < 1.29 is 0 Å². The van der Waals surface area contributed by atoms with Crippen molar-refractivity contribution in [2.24, 2.45) is 0 Å². The van der Waals surface area contributed by atoms with Gasteiger partial charge in [0.15, 0.2) is 0 Å². The van der Waals surface area contributed by atoms with Gasteiger partial charge >= 0.3 is 0 Å². The number of aromatic nitrogens is 3. The summed E-state index contributed by atoms with van der Waals surface area (Å²) in [5, 5.41) is 11.4. The van der Waals surface area contributed by atoms with Gasteiger partial charge in [0.1, 0.15) is 0 Å². The molecule has 1 aliphatic rings. The average Bonchev–Trinajstić information content (AvgIpc) is 2.92. The third kappa shape index (κ3) is 2.57. The van der Waals surface area contributed by atoms with E-state index in [0.29, 0.717) is 6.04 Å². The molecule has 94 valence electrons. The van der Waals surface area contributed by atoms with Gasteiger partial charge < -0.3 is 5.32 Å². The van der Waals surface area contributed by atoms with Crippen molar-refractivity contribution in [3.63, 3.8) is 0 Å². The van der Waals surface area contributed by atoms with Crippen LogP contribution in [-0.2, 0) is 6.54 Å². The van der Waals surface area contributed by atoms with Gasteiger partial charge in [-0.1, -0.05) is 23.4 Å². The molecule has 3 rings (SSSR count). The second-order valence-electron chi connectivity index (χ2n) is 4.35. The summed E-state index contributed by atoms with van der Waals surface area (Å²) >= 11 is 1.96. The number of hydrogen-bond acceptors (Lipinski definition) is 4. The van der Waals surface area contributed by atoms with Crippen LogP contribution in [0, 0.1) is 0 Å². The first-order valence-corrected chi connectivity index (χ1v) is 7.21. The lowest BCUT2D eigenvalue weighted by molar-refractivity contribution is 0.466. The smallest absolute Gasteiger partial charge is 0.0692 e. The van der Waals surface area contributed by atoms with Crippen LogP contribution in [0.1, 0.15) is 18.0 Å². The second kappa shape index (κ2) is 5.54. The summed E-state index contributed by atoms with van der Waals surface area (Å²) in [6.45, 7) is 1.79. The summed E-state index contributed by atoms with van der Waals surface area (Å²) in [6, 6.07) is 9.16. The quantitative estimate of drug-likeness (QED) is 0.914. The van der Waals surface area contributed by atoms with Crippen LogP contribution in [0.15, 0.2) is 41.6 Å². The second-order valence-corrected chi connectivity index (χ2v) is 5.48. The van der Waals surface area contributed by atoms with Crippen LogP contribution in [0.25, 0.3) is 0 Å². The monoisotopic (exact) mass is 260 g/mol. The molecule has 0 amide bonds. The predicted molar refractivity (Wildman–Crippen MR) is 72.5 cm³/mol. The molecule has 1 aromatic carbocycles. The highest BCUT2D eigenvalue weighted by atomic mass is 32.2. The van der Waals surface area contributed by atoms with Gasteiger partial charge in [-0.25, -0.2) is 0 Å². The van der Waals surface area contributed by atoms with E-state index in [1.165, 1.54) is 22.6 Å². The fourth-order valence-corrected chi connectivity index (χ4v) is 3.38. The molecule has 1 aliphatic heterocycles. The topological polar surface area (TPSA) is 42.7 Å². The van der Waals surface area contributed by atoms with Gasteiger partial charge in [-0.05, 0) is 23.8 Å². The zero-order chi connectivity index (χ0) is 12.2. The van der Waals surface area contributed by atoms with Gasteiger partial charge in [-0.3, -0.25) is 4.68 Å². The number of nitrogens with one attached hydrogen (secondary N) is 1. The van der Waals surface area contributed by atoms with Crippen molar-refractivity contribution in [2.75, 3.05) is 12.3 Å². The largest absolute Gasteiger partial charge is 0.308 e. The number of thioether (sulfide) groups is 1. The molecule has 2 aromatic rings. The van der Waals surface area contributed by atoms with E-state index in [4.69, 9.17) is 0 Å². The highest BCUT2D eigenvalue weighted by Crippen LogP contribution is 2.35. The van der Waals surface area contributed by atoms with Crippen molar-refractivity contribution in [1.82, 2.24) is 20.3 Å². The van der Waals surface area contributed by atoms with Crippen LogP contribution >= 0.6 is 11.8 Å². The lowest BCUT2D eigenvalue weighted by Gasteiger charge is -2.25. The van der Waals surface area contributed by atoms with Gasteiger partial charge in [0.05, 0.1) is 12.7 Å². The fraction of sp³-hybridized carbons (Fsp3) is 0.385. The maximum absolute atomic E-state index is 3.97. The van der Waals surface area contributed by atoms with E-state index in [9.17, 15) is 0 Å². The van der Waals surface area contributed by atoms with Gasteiger partial charge in [-0.15, -0.1) is 16.9 Å². The maximum atomic E-state index is 3.97. The first-order valence-electron chi connectivity index (χ1n) is 6.23. The number of hydrogen-bond donors (Lipinski definition) is 1. The van der Waals surface area contributed by atoms with E-state index < -0.39 is 0 Å². The SMILES string of the molecule is c1ccc2c(c1)SCCC2NCCn1ccnn1. The van der Waals surface area contributed by atoms with Crippen molar-refractivity contribution in [3.05, 3.63) is 42.2 Å². The molecule has 1 aromatic heterocycles. The van der Waals surface area contributed by atoms with E-state index in [-0.39, 0.29) is 0 Å². The third-order valence-electron chi connectivity index (χ3n) is 3.16. The van der Waals surface area contributed by atoms with Crippen molar-refractivity contribution in [3.8, 4) is 0 Å². The normalized spacial score (nSPS) is 18.6. The molecule has 1 N–H and O–H groups in total. The Labute approximate surface area is 111 Å². The number of fused-ring (bicyclic) bond motifs is 1. The van der Waals surface area contributed by atoms with Gasteiger partial charge in [-0.2, -0.15) is 0 Å². The molecule has 4 nitrogen and oxygen atoms in total. The summed E-state index contributed by atoms with van der Waals surface area (Å²) in [7, 11) is 0. The van der Waals surface area contributed by atoms with Crippen LogP contribution in [-0.4, -0.2) is 27.3 Å². The molecule has 0 aliphatic carbocycles. The van der Waals surface area contributed by atoms with Crippen molar-refractivity contribution >= 4 is 11.8 Å². The molecule has 2 heterocycles. The van der Waals surface area contributed by atoms with Crippen LogP contribution in [0.4, 0.5) is 0 Å². The Morgan fingerprint density at radius 1 is 1.39 bits per heavy atom. The minimum absolute atomic E-state index is 0.478. The van der Waals surface area contributed by atoms with Crippen molar-refractivity contribution in [2.45, 2.75) is 23.9 Å². The van der Waals surface area contributed by atoms with Crippen molar-refractivity contribution in [1.29, 1.82) is 0 Å². The number of rotatable bonds is 4. The molecule has 1 atom stereocenters. The Hall–Kier alpha value is -1.33. The zero-order valence-corrected chi connectivity index (χ0v) is 10.9. The summed E-state index contributed by atoms with van der Waals surface area (Å²) in [5.74, 6) is 1.19. The Bertz CT molecular complexity index is 497. The van der Waals surface area contributed by atoms with Crippen LogP contribution in [0.2, 0.25) is 0 Å². The standard InChI is InChI=1S/C13H16N4S/c1-2-4-13-11(3-1)12(5-10-18-13)14-6-8-17-9-7-15-16-17/h1-4,7,9,12,14H,5-6,8,10H2. The van der Waals surface area contributed by atoms with E-state index >= 15 is 0 Å². The van der Waals surface area contributed by atoms with E-state index in [0.717, 1.165) is 13.1 Å². The van der Waals surface area contributed by atoms with Crippen LogP contribution < -0.4 is 5.32 Å². The highest BCUT2D eigenvalue weighted by Gasteiger charge is 2.19. The maximum Gasteiger partial charge on any atom is 0.0692 e. The van der Waals surface area contributed by atoms with Crippen LogP contribution in [0.3, 0.4) is 0 Å². The summed E-state index contributed by atoms with van der Waals surface area (Å²) in [6.07, 6.45) is 4.80. The highest BCUT2D eigenvalue weighted by molar-refractivity contribution is 7.99. The summed E-state index contributed by atoms with van der Waals surface area (Å²) in [5.41, 5.74) is 1.44. The average molecular weight is 260 g/mol. The van der Waals surface area contributed by atoms with E-state index in [1.54, 1.807) is 6.20 Å². The molecule has 18 heavy (non-hydrogen) atoms. The number of nitrogens with zero attached hydrogens (tertiary/aromatic N) is 3. The Morgan fingerprint density at radius 2 is 2.33 bits per heavy atom. The molecule has 1 unspecified atom stereocenters. The molecule has 0 spiro atoms. The van der Waals surface area contributed by atoms with Gasteiger partial charge in [0.25, 0.3) is 0 Å². The Morgan fingerprint density at radius 3 is 3.22 bits per heavy atom. The fourth-order valence-electron chi connectivity index (χ4n) is 2.26. The molecule has 0 saturated carbocycles. The number of benzene rings is 1. The molecule has 0 radical (unpaired) electrons. The minimum atomic E-state index is 0.478. The van der Waals surface area contributed by atoms with E-state index in [1.807, 2.05) is 22.6 Å².